The number of aromatic nitrogens is 3. The maximum atomic E-state index is 5.78. The summed E-state index contributed by atoms with van der Waals surface area (Å²) in [6, 6.07) is 20.1. The van der Waals surface area contributed by atoms with E-state index >= 15 is 0 Å². The standard InChI is InChI=1S/C23H23N3O2/c1-23(2,3)18-8-12-20(13-9-18)27-16-21-24-22(25-28-21)17-6-10-19(11-7-17)26-14-4-5-15-26/h4-15H,16H2,1-3H3. The van der Waals surface area contributed by atoms with Crippen molar-refractivity contribution >= 4 is 0 Å². The fraction of sp³-hybridized carbons (Fsp3) is 0.217. The minimum absolute atomic E-state index is 0.122. The number of ether oxygens (including phenoxy) is 1. The Kier molecular flexibility index (Phi) is 4.74. The number of hydrogen-bond acceptors (Lipinski definition) is 4. The quantitative estimate of drug-likeness (QED) is 0.470. The molecule has 4 aromatic rings. The van der Waals surface area contributed by atoms with E-state index in [0.717, 1.165) is 17.0 Å². The van der Waals surface area contributed by atoms with Crippen molar-refractivity contribution in [2.24, 2.45) is 0 Å². The summed E-state index contributed by atoms with van der Waals surface area (Å²) in [5.74, 6) is 1.79. The minimum Gasteiger partial charge on any atom is -0.484 e. The molecule has 2 heterocycles. The molecule has 28 heavy (non-hydrogen) atoms. The molecule has 5 nitrogen and oxygen atoms in total. The summed E-state index contributed by atoms with van der Waals surface area (Å²) in [6.45, 7) is 6.80. The van der Waals surface area contributed by atoms with Gasteiger partial charge in [0.2, 0.25) is 5.82 Å². The summed E-state index contributed by atoms with van der Waals surface area (Å²) in [7, 11) is 0. The number of nitrogens with zero attached hydrogens (tertiary/aromatic N) is 3. The van der Waals surface area contributed by atoms with Crippen molar-refractivity contribution in [3.05, 3.63) is 84.5 Å². The summed E-state index contributed by atoms with van der Waals surface area (Å²) in [6.07, 6.45) is 4.01. The smallest absolute Gasteiger partial charge is 0.264 e. The largest absolute Gasteiger partial charge is 0.484 e. The van der Waals surface area contributed by atoms with Crippen LogP contribution in [-0.4, -0.2) is 14.7 Å². The highest BCUT2D eigenvalue weighted by atomic mass is 16.5. The fourth-order valence-electron chi connectivity index (χ4n) is 2.92. The fourth-order valence-corrected chi connectivity index (χ4v) is 2.92. The minimum atomic E-state index is 0.122. The Morgan fingerprint density at radius 1 is 0.929 bits per heavy atom. The van der Waals surface area contributed by atoms with Crippen LogP contribution in [0.25, 0.3) is 17.1 Å². The number of benzene rings is 2. The van der Waals surface area contributed by atoms with Crippen LogP contribution in [0.1, 0.15) is 32.2 Å². The molecule has 0 saturated heterocycles. The molecule has 0 aliphatic heterocycles. The molecule has 0 bridgehead atoms. The molecule has 0 saturated carbocycles. The maximum Gasteiger partial charge on any atom is 0.264 e. The third kappa shape index (κ3) is 3.98. The first-order valence-electron chi connectivity index (χ1n) is 9.29. The van der Waals surface area contributed by atoms with E-state index in [2.05, 4.69) is 43.0 Å². The lowest BCUT2D eigenvalue weighted by molar-refractivity contribution is 0.243. The SMILES string of the molecule is CC(C)(C)c1ccc(OCc2nc(-c3ccc(-n4cccc4)cc3)no2)cc1. The first-order chi connectivity index (χ1) is 13.5. The van der Waals surface area contributed by atoms with Crippen molar-refractivity contribution in [2.75, 3.05) is 0 Å². The molecule has 0 atom stereocenters. The van der Waals surface area contributed by atoms with Gasteiger partial charge in [0.15, 0.2) is 6.61 Å². The molecule has 5 heteroatoms. The molecule has 2 aromatic carbocycles. The van der Waals surface area contributed by atoms with Crippen LogP contribution in [-0.2, 0) is 12.0 Å². The molecule has 2 aromatic heterocycles. The van der Waals surface area contributed by atoms with Crippen molar-refractivity contribution < 1.29 is 9.26 Å². The summed E-state index contributed by atoms with van der Waals surface area (Å²) >= 11 is 0. The van der Waals surface area contributed by atoms with Crippen molar-refractivity contribution in [3.8, 4) is 22.8 Å². The lowest BCUT2D eigenvalue weighted by Crippen LogP contribution is -2.10. The lowest BCUT2D eigenvalue weighted by atomic mass is 9.87. The molecule has 0 unspecified atom stereocenters. The third-order valence-electron chi connectivity index (χ3n) is 4.58. The van der Waals surface area contributed by atoms with Gasteiger partial charge >= 0.3 is 0 Å². The van der Waals surface area contributed by atoms with E-state index in [9.17, 15) is 0 Å². The topological polar surface area (TPSA) is 53.1 Å². The van der Waals surface area contributed by atoms with Gasteiger partial charge in [-0.1, -0.05) is 38.1 Å². The van der Waals surface area contributed by atoms with E-state index in [4.69, 9.17) is 9.26 Å². The van der Waals surface area contributed by atoms with Crippen LogP contribution in [0.5, 0.6) is 5.75 Å². The van der Waals surface area contributed by atoms with Crippen molar-refractivity contribution in [1.82, 2.24) is 14.7 Å². The lowest BCUT2D eigenvalue weighted by Gasteiger charge is -2.19. The van der Waals surface area contributed by atoms with Crippen molar-refractivity contribution in [3.63, 3.8) is 0 Å². The Labute approximate surface area is 164 Å². The van der Waals surface area contributed by atoms with Crippen LogP contribution in [0.4, 0.5) is 0 Å². The Morgan fingerprint density at radius 3 is 2.25 bits per heavy atom. The highest BCUT2D eigenvalue weighted by Gasteiger charge is 2.13. The molecule has 0 N–H and O–H groups in total. The van der Waals surface area contributed by atoms with Crippen LogP contribution in [0.2, 0.25) is 0 Å². The average Bonchev–Trinajstić information content (AvgIpc) is 3.38. The molecular formula is C23H23N3O2. The predicted octanol–water partition coefficient (Wildman–Crippen LogP) is 5.40. The summed E-state index contributed by atoms with van der Waals surface area (Å²) < 4.78 is 13.2. The Balaban J connectivity index is 1.40. The van der Waals surface area contributed by atoms with E-state index in [1.807, 2.05) is 65.5 Å². The Morgan fingerprint density at radius 2 is 1.61 bits per heavy atom. The second-order valence-electron chi connectivity index (χ2n) is 7.71. The molecule has 0 aliphatic rings. The van der Waals surface area contributed by atoms with Crippen LogP contribution < -0.4 is 4.74 Å². The van der Waals surface area contributed by atoms with Crippen molar-refractivity contribution in [2.45, 2.75) is 32.8 Å². The Hall–Kier alpha value is -3.34. The summed E-state index contributed by atoms with van der Waals surface area (Å²) in [5, 5.41) is 4.06. The van der Waals surface area contributed by atoms with E-state index in [-0.39, 0.29) is 12.0 Å². The van der Waals surface area contributed by atoms with Crippen LogP contribution in [0, 0.1) is 0 Å². The van der Waals surface area contributed by atoms with Gasteiger partial charge in [-0.3, -0.25) is 0 Å². The molecule has 142 valence electrons. The van der Waals surface area contributed by atoms with Crippen LogP contribution in [0.3, 0.4) is 0 Å². The second kappa shape index (κ2) is 7.35. The zero-order valence-electron chi connectivity index (χ0n) is 16.3. The first kappa shape index (κ1) is 18.0. The van der Waals surface area contributed by atoms with Gasteiger partial charge in [0.1, 0.15) is 5.75 Å². The monoisotopic (exact) mass is 373 g/mol. The predicted molar refractivity (Wildman–Crippen MR) is 109 cm³/mol. The van der Waals surface area contributed by atoms with Crippen LogP contribution in [0.15, 0.2) is 77.6 Å². The normalized spacial score (nSPS) is 11.5. The highest BCUT2D eigenvalue weighted by Crippen LogP contribution is 2.25. The van der Waals surface area contributed by atoms with Gasteiger partial charge in [0.25, 0.3) is 5.89 Å². The first-order valence-corrected chi connectivity index (χ1v) is 9.29. The maximum absolute atomic E-state index is 5.78. The molecule has 0 aliphatic carbocycles. The van der Waals surface area contributed by atoms with Gasteiger partial charge in [-0.15, -0.1) is 0 Å². The Bertz CT molecular complexity index is 1020. The summed E-state index contributed by atoms with van der Waals surface area (Å²) in [4.78, 5) is 4.44. The molecule has 0 spiro atoms. The van der Waals surface area contributed by atoms with Gasteiger partial charge < -0.3 is 13.8 Å². The third-order valence-corrected chi connectivity index (χ3v) is 4.58. The highest BCUT2D eigenvalue weighted by molar-refractivity contribution is 5.56. The molecular weight excluding hydrogens is 350 g/mol. The molecule has 0 amide bonds. The zero-order valence-corrected chi connectivity index (χ0v) is 16.3. The van der Waals surface area contributed by atoms with Gasteiger partial charge in [0.05, 0.1) is 0 Å². The van der Waals surface area contributed by atoms with Crippen LogP contribution >= 0.6 is 0 Å². The number of hydrogen-bond donors (Lipinski definition) is 0. The molecule has 0 fully saturated rings. The zero-order chi connectivity index (χ0) is 19.6. The van der Waals surface area contributed by atoms with Gasteiger partial charge in [0, 0.05) is 23.6 Å². The molecule has 4 rings (SSSR count). The van der Waals surface area contributed by atoms with E-state index in [0.29, 0.717) is 11.7 Å². The van der Waals surface area contributed by atoms with E-state index in [1.54, 1.807) is 0 Å². The van der Waals surface area contributed by atoms with E-state index < -0.39 is 0 Å². The van der Waals surface area contributed by atoms with Crippen molar-refractivity contribution in [1.29, 1.82) is 0 Å². The van der Waals surface area contributed by atoms with Gasteiger partial charge in [-0.2, -0.15) is 4.98 Å². The van der Waals surface area contributed by atoms with Gasteiger partial charge in [-0.05, 0) is 59.5 Å². The second-order valence-corrected chi connectivity index (χ2v) is 7.71. The average molecular weight is 373 g/mol. The molecule has 0 radical (unpaired) electrons. The van der Waals surface area contributed by atoms with E-state index in [1.165, 1.54) is 5.56 Å². The number of rotatable bonds is 5. The summed E-state index contributed by atoms with van der Waals surface area (Å²) in [5.41, 5.74) is 3.37. The van der Waals surface area contributed by atoms with Gasteiger partial charge in [-0.25, -0.2) is 0 Å².